The number of benzene rings is 1. The molecule has 1 amide bonds. The van der Waals surface area contributed by atoms with Crippen LogP contribution in [0.15, 0.2) is 24.3 Å². The van der Waals surface area contributed by atoms with Gasteiger partial charge in [0.05, 0.1) is 24.2 Å². The molecule has 0 saturated carbocycles. The normalized spacial score (nSPS) is 18.6. The molecule has 1 atom stereocenters. The molecule has 1 aromatic rings. The third kappa shape index (κ3) is 5.36. The van der Waals surface area contributed by atoms with E-state index in [2.05, 4.69) is 5.32 Å². The number of carbonyl (C=O) groups is 2. The fourth-order valence-corrected chi connectivity index (χ4v) is 2.97. The van der Waals surface area contributed by atoms with Gasteiger partial charge in [-0.2, -0.15) is 0 Å². The average molecular weight is 389 g/mol. The second-order valence-corrected chi connectivity index (χ2v) is 8.39. The molecule has 7 heteroatoms. The molecule has 1 N–H and O–H groups in total. The molecule has 6 nitrogen and oxygen atoms in total. The lowest BCUT2D eigenvalue weighted by Gasteiger charge is -2.32. The summed E-state index contributed by atoms with van der Waals surface area (Å²) >= 11 is 0. The molecule has 28 heavy (non-hydrogen) atoms. The van der Waals surface area contributed by atoms with Crippen molar-refractivity contribution in [3.63, 3.8) is 0 Å². The van der Waals surface area contributed by atoms with Crippen LogP contribution in [-0.4, -0.2) is 43.9 Å². The van der Waals surface area contributed by atoms with Gasteiger partial charge in [-0.15, -0.1) is 0 Å². The van der Waals surface area contributed by atoms with Gasteiger partial charge in [-0.1, -0.05) is 25.5 Å². The smallest absolute Gasteiger partial charge is 0.469 e. The molecule has 1 fully saturated rings. The van der Waals surface area contributed by atoms with Crippen LogP contribution in [0.2, 0.25) is 0 Å². The quantitative estimate of drug-likeness (QED) is 0.421. The number of esters is 1. The van der Waals surface area contributed by atoms with E-state index in [0.29, 0.717) is 12.1 Å². The van der Waals surface area contributed by atoms with Crippen molar-refractivity contribution in [1.29, 1.82) is 0 Å². The Morgan fingerprint density at radius 1 is 1.07 bits per heavy atom. The van der Waals surface area contributed by atoms with Crippen molar-refractivity contribution in [3.05, 3.63) is 29.8 Å². The molecule has 1 aliphatic rings. The fraction of sp³-hybridized carbons (Fsp3) is 0.619. The van der Waals surface area contributed by atoms with Gasteiger partial charge in [0.1, 0.15) is 0 Å². The van der Waals surface area contributed by atoms with Gasteiger partial charge < -0.3 is 19.4 Å². The first-order valence-electron chi connectivity index (χ1n) is 9.89. The molecule has 0 aromatic heterocycles. The second kappa shape index (κ2) is 9.10. The minimum atomic E-state index is -0.432. The molecule has 0 aliphatic carbocycles. The summed E-state index contributed by atoms with van der Waals surface area (Å²) in [5, 5.41) is 2.91. The van der Waals surface area contributed by atoms with Crippen molar-refractivity contribution in [3.8, 4) is 0 Å². The van der Waals surface area contributed by atoms with Crippen LogP contribution in [0.1, 0.15) is 64.2 Å². The average Bonchev–Trinajstić information content (AvgIpc) is 2.87. The number of amides is 1. The molecule has 1 aromatic carbocycles. The summed E-state index contributed by atoms with van der Waals surface area (Å²) < 4.78 is 16.8. The zero-order valence-corrected chi connectivity index (χ0v) is 17.8. The highest BCUT2D eigenvalue weighted by atomic mass is 16.7. The van der Waals surface area contributed by atoms with E-state index in [4.69, 9.17) is 14.0 Å². The summed E-state index contributed by atoms with van der Waals surface area (Å²) in [4.78, 5) is 23.6. The number of carbonyl (C=O) groups excluding carboxylic acids is 2. The van der Waals surface area contributed by atoms with Crippen molar-refractivity contribution in [2.45, 2.75) is 65.1 Å². The summed E-state index contributed by atoms with van der Waals surface area (Å²) in [6.45, 7) is 10.5. The van der Waals surface area contributed by atoms with Crippen LogP contribution in [0, 0.1) is 5.92 Å². The van der Waals surface area contributed by atoms with E-state index in [1.165, 1.54) is 7.11 Å². The Bertz CT molecular complexity index is 671. The molecule has 154 valence electrons. The molecule has 0 bridgehead atoms. The third-order valence-electron chi connectivity index (χ3n) is 5.65. The van der Waals surface area contributed by atoms with E-state index < -0.39 is 7.12 Å². The lowest BCUT2D eigenvalue weighted by Crippen LogP contribution is -2.41. The Morgan fingerprint density at radius 2 is 1.64 bits per heavy atom. The number of methoxy groups -OCH3 is 1. The number of unbranched alkanes of at least 4 members (excludes halogenated alkanes) is 1. The Labute approximate surface area is 168 Å². The van der Waals surface area contributed by atoms with Gasteiger partial charge in [-0.05, 0) is 58.1 Å². The lowest BCUT2D eigenvalue weighted by atomic mass is 9.79. The standard InChI is InChI=1S/C21H32BNO5/c1-15(19(25)26-6)9-7-8-14-23-18(24)16-10-12-17(13-11-16)22-27-20(2,3)21(4,5)28-22/h10-13,15H,7-9,14H2,1-6H3,(H,23,24). The van der Waals surface area contributed by atoms with Crippen molar-refractivity contribution < 1.29 is 23.6 Å². The lowest BCUT2D eigenvalue weighted by molar-refractivity contribution is -0.145. The summed E-state index contributed by atoms with van der Waals surface area (Å²) in [6, 6.07) is 7.31. The summed E-state index contributed by atoms with van der Waals surface area (Å²) in [5.41, 5.74) is 0.716. The maximum absolute atomic E-state index is 12.3. The zero-order chi connectivity index (χ0) is 20.9. The van der Waals surface area contributed by atoms with Gasteiger partial charge in [-0.3, -0.25) is 9.59 Å². The van der Waals surface area contributed by atoms with Gasteiger partial charge >= 0.3 is 13.1 Å². The predicted octanol–water partition coefficient (Wildman–Crippen LogP) is 2.70. The van der Waals surface area contributed by atoms with Crippen LogP contribution in [0.3, 0.4) is 0 Å². The number of ether oxygens (including phenoxy) is 1. The molecule has 0 spiro atoms. The maximum atomic E-state index is 12.3. The van der Waals surface area contributed by atoms with E-state index >= 15 is 0 Å². The minimum Gasteiger partial charge on any atom is -0.469 e. The first kappa shape index (κ1) is 22.4. The van der Waals surface area contributed by atoms with Crippen LogP contribution >= 0.6 is 0 Å². The number of hydrogen-bond acceptors (Lipinski definition) is 5. The third-order valence-corrected chi connectivity index (χ3v) is 5.65. The van der Waals surface area contributed by atoms with E-state index in [0.717, 1.165) is 24.7 Å². The highest BCUT2D eigenvalue weighted by molar-refractivity contribution is 6.62. The van der Waals surface area contributed by atoms with Crippen molar-refractivity contribution in [2.24, 2.45) is 5.92 Å². The van der Waals surface area contributed by atoms with Crippen LogP contribution < -0.4 is 10.8 Å². The maximum Gasteiger partial charge on any atom is 0.494 e. The fourth-order valence-electron chi connectivity index (χ4n) is 2.97. The van der Waals surface area contributed by atoms with Gasteiger partial charge in [0.15, 0.2) is 0 Å². The first-order chi connectivity index (χ1) is 13.1. The Kier molecular flexibility index (Phi) is 7.29. The second-order valence-electron chi connectivity index (χ2n) is 8.39. The van der Waals surface area contributed by atoms with E-state index in [-0.39, 0.29) is 29.0 Å². The van der Waals surface area contributed by atoms with Crippen LogP contribution in [0.25, 0.3) is 0 Å². The van der Waals surface area contributed by atoms with Crippen LogP contribution in [0.4, 0.5) is 0 Å². The van der Waals surface area contributed by atoms with E-state index in [1.54, 1.807) is 12.1 Å². The van der Waals surface area contributed by atoms with E-state index in [9.17, 15) is 9.59 Å². The molecule has 0 radical (unpaired) electrons. The highest BCUT2D eigenvalue weighted by Gasteiger charge is 2.51. The molecule has 1 unspecified atom stereocenters. The largest absolute Gasteiger partial charge is 0.494 e. The van der Waals surface area contributed by atoms with Crippen molar-refractivity contribution in [2.75, 3.05) is 13.7 Å². The SMILES string of the molecule is COC(=O)C(C)CCCCNC(=O)c1ccc(B2OC(C)(C)C(C)(C)O2)cc1. The van der Waals surface area contributed by atoms with Crippen molar-refractivity contribution in [1.82, 2.24) is 5.32 Å². The number of rotatable bonds is 8. The molecular weight excluding hydrogens is 357 g/mol. The predicted molar refractivity (Wildman–Crippen MR) is 110 cm³/mol. The summed E-state index contributed by atoms with van der Waals surface area (Å²) in [5.74, 6) is -0.407. The molecule has 1 aliphatic heterocycles. The Hall–Kier alpha value is -1.86. The minimum absolute atomic E-state index is 0.108. The summed E-state index contributed by atoms with van der Waals surface area (Å²) in [6.07, 6.45) is 2.43. The molecule has 1 saturated heterocycles. The first-order valence-corrected chi connectivity index (χ1v) is 9.89. The topological polar surface area (TPSA) is 73.9 Å². The van der Waals surface area contributed by atoms with Crippen LogP contribution in [-0.2, 0) is 18.8 Å². The highest BCUT2D eigenvalue weighted by Crippen LogP contribution is 2.36. The van der Waals surface area contributed by atoms with E-state index in [1.807, 2.05) is 46.8 Å². The molecule has 2 rings (SSSR count). The molecule has 1 heterocycles. The summed E-state index contributed by atoms with van der Waals surface area (Å²) in [7, 11) is 0.968. The monoisotopic (exact) mass is 389 g/mol. The molecular formula is C21H32BNO5. The van der Waals surface area contributed by atoms with Gasteiger partial charge in [0.25, 0.3) is 5.91 Å². The van der Waals surface area contributed by atoms with Crippen molar-refractivity contribution >= 4 is 24.5 Å². The van der Waals surface area contributed by atoms with Gasteiger partial charge in [-0.25, -0.2) is 0 Å². The van der Waals surface area contributed by atoms with Gasteiger partial charge in [0.2, 0.25) is 0 Å². The van der Waals surface area contributed by atoms with Crippen LogP contribution in [0.5, 0.6) is 0 Å². The Balaban J connectivity index is 1.79. The zero-order valence-electron chi connectivity index (χ0n) is 17.8. The number of hydrogen-bond donors (Lipinski definition) is 1. The Morgan fingerprint density at radius 3 is 2.18 bits per heavy atom. The number of nitrogens with one attached hydrogen (secondary N) is 1. The van der Waals surface area contributed by atoms with Gasteiger partial charge in [0, 0.05) is 12.1 Å².